The summed E-state index contributed by atoms with van der Waals surface area (Å²) < 4.78 is 51.6. The lowest BCUT2D eigenvalue weighted by Gasteiger charge is -2.10. The van der Waals surface area contributed by atoms with Crippen molar-refractivity contribution in [3.8, 4) is 5.75 Å². The third-order valence-corrected chi connectivity index (χ3v) is 1.54. The fraction of sp³-hybridized carbons (Fsp3) is 0.625. The van der Waals surface area contributed by atoms with Gasteiger partial charge in [0.25, 0.3) is 0 Å². The van der Waals surface area contributed by atoms with E-state index in [0.29, 0.717) is 6.07 Å². The third-order valence-electron chi connectivity index (χ3n) is 1.54. The quantitative estimate of drug-likeness (QED) is 0.458. The SMILES string of the molecule is CC.CC.CC.CC.Cc1cc(OC(F)(F)F)cc(F)c1N. The lowest BCUT2D eigenvalue weighted by molar-refractivity contribution is -0.274. The van der Waals surface area contributed by atoms with Crippen molar-refractivity contribution in [2.24, 2.45) is 0 Å². The second-order valence-corrected chi connectivity index (χ2v) is 2.68. The van der Waals surface area contributed by atoms with Crippen LogP contribution in [0.5, 0.6) is 5.75 Å². The summed E-state index contributed by atoms with van der Waals surface area (Å²) in [7, 11) is 0. The van der Waals surface area contributed by atoms with Crippen molar-refractivity contribution in [2.75, 3.05) is 5.73 Å². The summed E-state index contributed by atoms with van der Waals surface area (Å²) in [5.41, 5.74) is 5.22. The van der Waals surface area contributed by atoms with E-state index >= 15 is 0 Å². The molecule has 0 aliphatic carbocycles. The van der Waals surface area contributed by atoms with Crippen LogP contribution in [0.15, 0.2) is 12.1 Å². The smallest absolute Gasteiger partial charge is 0.406 e. The zero-order valence-corrected chi connectivity index (χ0v) is 15.2. The van der Waals surface area contributed by atoms with E-state index in [1.54, 1.807) is 0 Å². The Hall–Kier alpha value is -1.46. The van der Waals surface area contributed by atoms with Gasteiger partial charge in [0.15, 0.2) is 0 Å². The molecule has 0 aliphatic heterocycles. The predicted octanol–water partition coefficient (Wildman–Crippen LogP) is 6.72. The highest BCUT2D eigenvalue weighted by Crippen LogP contribution is 2.27. The summed E-state index contributed by atoms with van der Waals surface area (Å²) in [5.74, 6) is -1.54. The van der Waals surface area contributed by atoms with E-state index in [-0.39, 0.29) is 11.3 Å². The number of ether oxygens (including phenoxy) is 1. The first-order chi connectivity index (χ1) is 10.3. The van der Waals surface area contributed by atoms with E-state index in [4.69, 9.17) is 5.73 Å². The number of nitrogens with two attached hydrogens (primary N) is 1. The number of benzene rings is 1. The molecule has 1 aromatic carbocycles. The standard InChI is InChI=1S/C8H7F4NO.4C2H6/c1-4-2-5(14-8(10,11)12)3-6(9)7(4)13;4*1-2/h2-3H,13H2,1H3;4*1-2H3. The van der Waals surface area contributed by atoms with E-state index in [2.05, 4.69) is 4.74 Å². The first kappa shape index (κ1) is 28.7. The largest absolute Gasteiger partial charge is 0.573 e. The molecule has 0 heterocycles. The molecular formula is C16H31F4NO. The van der Waals surface area contributed by atoms with E-state index in [9.17, 15) is 17.6 Å². The van der Waals surface area contributed by atoms with Crippen molar-refractivity contribution in [2.45, 2.75) is 68.7 Å². The van der Waals surface area contributed by atoms with Crippen molar-refractivity contribution in [3.63, 3.8) is 0 Å². The van der Waals surface area contributed by atoms with Crippen LogP contribution in [0.4, 0.5) is 23.2 Å². The Morgan fingerprint density at radius 3 is 1.50 bits per heavy atom. The lowest BCUT2D eigenvalue weighted by Crippen LogP contribution is -2.17. The fourth-order valence-electron chi connectivity index (χ4n) is 0.916. The van der Waals surface area contributed by atoms with Crippen LogP contribution in [0.1, 0.15) is 61.0 Å². The van der Waals surface area contributed by atoms with Crippen LogP contribution in [-0.4, -0.2) is 6.36 Å². The molecule has 0 radical (unpaired) electrons. The van der Waals surface area contributed by atoms with E-state index in [1.165, 1.54) is 6.92 Å². The average Bonchev–Trinajstić information content (AvgIpc) is 2.51. The van der Waals surface area contributed by atoms with Crippen LogP contribution in [-0.2, 0) is 0 Å². The molecule has 0 spiro atoms. The van der Waals surface area contributed by atoms with Gasteiger partial charge in [-0.05, 0) is 18.6 Å². The molecule has 0 unspecified atom stereocenters. The minimum absolute atomic E-state index is 0.181. The Balaban J connectivity index is -0.000000175. The highest BCUT2D eigenvalue weighted by molar-refractivity contribution is 5.51. The van der Waals surface area contributed by atoms with Gasteiger partial charge in [0.05, 0.1) is 5.69 Å². The molecule has 2 N–H and O–H groups in total. The van der Waals surface area contributed by atoms with Gasteiger partial charge in [-0.25, -0.2) is 4.39 Å². The summed E-state index contributed by atoms with van der Waals surface area (Å²) in [5, 5.41) is 0. The number of nitrogen functional groups attached to an aromatic ring is 1. The van der Waals surface area contributed by atoms with E-state index < -0.39 is 17.9 Å². The Morgan fingerprint density at radius 1 is 0.864 bits per heavy atom. The number of aryl methyl sites for hydroxylation is 1. The van der Waals surface area contributed by atoms with Crippen LogP contribution in [0, 0.1) is 12.7 Å². The maximum Gasteiger partial charge on any atom is 0.573 e. The van der Waals surface area contributed by atoms with E-state index in [0.717, 1.165) is 6.07 Å². The van der Waals surface area contributed by atoms with Gasteiger partial charge in [0, 0.05) is 6.07 Å². The number of alkyl halides is 3. The second-order valence-electron chi connectivity index (χ2n) is 2.68. The van der Waals surface area contributed by atoms with Crippen molar-refractivity contribution in [1.29, 1.82) is 0 Å². The molecule has 22 heavy (non-hydrogen) atoms. The third kappa shape index (κ3) is 14.9. The minimum Gasteiger partial charge on any atom is -0.406 e. The van der Waals surface area contributed by atoms with Gasteiger partial charge in [0.1, 0.15) is 11.6 Å². The van der Waals surface area contributed by atoms with E-state index in [1.807, 2.05) is 55.4 Å². The lowest BCUT2D eigenvalue weighted by atomic mass is 10.2. The first-order valence-electron chi connectivity index (χ1n) is 7.61. The number of hydrogen-bond donors (Lipinski definition) is 1. The molecule has 0 aliphatic rings. The van der Waals surface area contributed by atoms with Crippen molar-refractivity contribution < 1.29 is 22.3 Å². The minimum atomic E-state index is -4.82. The molecule has 0 amide bonds. The summed E-state index contributed by atoms with van der Waals surface area (Å²) in [4.78, 5) is 0. The molecule has 0 saturated carbocycles. The fourth-order valence-corrected chi connectivity index (χ4v) is 0.916. The zero-order valence-electron chi connectivity index (χ0n) is 15.2. The molecule has 2 nitrogen and oxygen atoms in total. The number of halogens is 4. The van der Waals surface area contributed by atoms with Gasteiger partial charge in [-0.15, -0.1) is 13.2 Å². The summed E-state index contributed by atoms with van der Waals surface area (Å²) in [6, 6.07) is 1.61. The Labute approximate surface area is 132 Å². The molecule has 0 bridgehead atoms. The highest BCUT2D eigenvalue weighted by atomic mass is 19.4. The summed E-state index contributed by atoms with van der Waals surface area (Å²) >= 11 is 0. The van der Waals surface area contributed by atoms with Crippen molar-refractivity contribution in [3.05, 3.63) is 23.5 Å². The van der Waals surface area contributed by atoms with Gasteiger partial charge in [-0.3, -0.25) is 0 Å². The van der Waals surface area contributed by atoms with Gasteiger partial charge in [0.2, 0.25) is 0 Å². The molecule has 0 atom stereocenters. The van der Waals surface area contributed by atoms with Crippen LogP contribution >= 0.6 is 0 Å². The van der Waals surface area contributed by atoms with Crippen LogP contribution in [0.2, 0.25) is 0 Å². The maximum atomic E-state index is 12.8. The Morgan fingerprint density at radius 2 is 1.23 bits per heavy atom. The van der Waals surface area contributed by atoms with Gasteiger partial charge < -0.3 is 10.5 Å². The first-order valence-corrected chi connectivity index (χ1v) is 7.61. The Kier molecular flexibility index (Phi) is 22.9. The van der Waals surface area contributed by atoms with Gasteiger partial charge in [-0.2, -0.15) is 0 Å². The Bertz CT molecular complexity index is 329. The molecule has 0 aromatic heterocycles. The highest BCUT2D eigenvalue weighted by Gasteiger charge is 2.31. The van der Waals surface area contributed by atoms with Crippen LogP contribution in [0.3, 0.4) is 0 Å². The molecule has 134 valence electrons. The summed E-state index contributed by atoms with van der Waals surface area (Å²) in [6.45, 7) is 17.4. The topological polar surface area (TPSA) is 35.2 Å². The molecule has 1 aromatic rings. The van der Waals surface area contributed by atoms with Crippen molar-refractivity contribution in [1.82, 2.24) is 0 Å². The maximum absolute atomic E-state index is 12.8. The van der Waals surface area contributed by atoms with Crippen LogP contribution in [0.25, 0.3) is 0 Å². The van der Waals surface area contributed by atoms with Crippen molar-refractivity contribution >= 4 is 5.69 Å². The molecule has 0 saturated heterocycles. The molecule has 6 heteroatoms. The predicted molar refractivity (Wildman–Crippen MR) is 87.6 cm³/mol. The van der Waals surface area contributed by atoms with Gasteiger partial charge in [-0.1, -0.05) is 55.4 Å². The normalized spacial score (nSPS) is 8.41. The number of anilines is 1. The zero-order chi connectivity index (χ0) is 18.9. The number of hydrogen-bond acceptors (Lipinski definition) is 2. The molecular weight excluding hydrogens is 298 g/mol. The number of rotatable bonds is 1. The van der Waals surface area contributed by atoms with Crippen LogP contribution < -0.4 is 10.5 Å². The molecule has 0 fully saturated rings. The average molecular weight is 329 g/mol. The summed E-state index contributed by atoms with van der Waals surface area (Å²) in [6.07, 6.45) is -4.82. The van der Waals surface area contributed by atoms with Gasteiger partial charge >= 0.3 is 6.36 Å². The second kappa shape index (κ2) is 17.6. The molecule has 1 rings (SSSR count). The monoisotopic (exact) mass is 329 g/mol.